The second-order valence-corrected chi connectivity index (χ2v) is 6.29. The number of hydrogen-bond acceptors (Lipinski definition) is 4. The molecule has 1 heterocycles. The van der Waals surface area contributed by atoms with Gasteiger partial charge in [0.15, 0.2) is 0 Å². The molecule has 2 N–H and O–H groups in total. The van der Waals surface area contributed by atoms with E-state index in [0.29, 0.717) is 18.5 Å². The van der Waals surface area contributed by atoms with Gasteiger partial charge in [-0.15, -0.1) is 0 Å². The van der Waals surface area contributed by atoms with Crippen LogP contribution in [-0.4, -0.2) is 32.9 Å². The van der Waals surface area contributed by atoms with E-state index in [-0.39, 0.29) is 24.6 Å². The average molecular weight is 327 g/mol. The van der Waals surface area contributed by atoms with Crippen molar-refractivity contribution in [3.8, 4) is 11.3 Å². The summed E-state index contributed by atoms with van der Waals surface area (Å²) in [5.41, 5.74) is 0.383. The molecule has 1 aromatic heterocycles. The van der Waals surface area contributed by atoms with Crippen LogP contribution in [0.15, 0.2) is 47.3 Å². The summed E-state index contributed by atoms with van der Waals surface area (Å²) in [7, 11) is 0. The van der Waals surface area contributed by atoms with E-state index in [1.165, 1.54) is 6.07 Å². The number of amides is 1. The van der Waals surface area contributed by atoms with Gasteiger partial charge in [0.05, 0.1) is 11.3 Å². The molecule has 0 radical (unpaired) electrons. The van der Waals surface area contributed by atoms with Gasteiger partial charge in [0.2, 0.25) is 5.91 Å². The van der Waals surface area contributed by atoms with Crippen molar-refractivity contribution in [2.75, 3.05) is 6.54 Å². The maximum atomic E-state index is 12.1. The van der Waals surface area contributed by atoms with Crippen LogP contribution in [0, 0.1) is 0 Å². The zero-order chi connectivity index (χ0) is 17.0. The molecule has 1 aliphatic carbocycles. The van der Waals surface area contributed by atoms with E-state index in [2.05, 4.69) is 10.4 Å². The van der Waals surface area contributed by atoms with Crippen molar-refractivity contribution in [1.82, 2.24) is 15.1 Å². The molecule has 1 aromatic carbocycles. The molecule has 1 fully saturated rings. The maximum Gasteiger partial charge on any atom is 0.267 e. The van der Waals surface area contributed by atoms with Gasteiger partial charge in [0.1, 0.15) is 6.54 Å². The Hall–Kier alpha value is -2.47. The van der Waals surface area contributed by atoms with Gasteiger partial charge in [0, 0.05) is 18.2 Å². The zero-order valence-corrected chi connectivity index (χ0v) is 13.4. The van der Waals surface area contributed by atoms with E-state index in [1.807, 2.05) is 30.3 Å². The third-order valence-corrected chi connectivity index (χ3v) is 4.38. The predicted octanol–water partition coefficient (Wildman–Crippen LogP) is 1.33. The molecular weight excluding hydrogens is 306 g/mol. The quantitative estimate of drug-likeness (QED) is 0.868. The summed E-state index contributed by atoms with van der Waals surface area (Å²) in [6.45, 7) is 0.0640. The van der Waals surface area contributed by atoms with Crippen molar-refractivity contribution in [1.29, 1.82) is 0 Å². The Morgan fingerprint density at radius 3 is 2.58 bits per heavy atom. The van der Waals surface area contributed by atoms with Crippen molar-refractivity contribution < 1.29 is 9.90 Å². The Morgan fingerprint density at radius 1 is 1.17 bits per heavy atom. The number of nitrogens with zero attached hydrogens (tertiary/aromatic N) is 2. The van der Waals surface area contributed by atoms with Crippen molar-refractivity contribution in [3.63, 3.8) is 0 Å². The first-order valence-corrected chi connectivity index (χ1v) is 8.18. The second-order valence-electron chi connectivity index (χ2n) is 6.29. The highest BCUT2D eigenvalue weighted by Gasteiger charge is 2.31. The number of aromatic nitrogens is 2. The Morgan fingerprint density at radius 2 is 1.88 bits per heavy atom. The smallest absolute Gasteiger partial charge is 0.267 e. The monoisotopic (exact) mass is 327 g/mol. The van der Waals surface area contributed by atoms with Crippen LogP contribution in [0.2, 0.25) is 0 Å². The minimum atomic E-state index is -0.806. The summed E-state index contributed by atoms with van der Waals surface area (Å²) >= 11 is 0. The molecule has 0 atom stereocenters. The number of nitrogens with one attached hydrogen (secondary N) is 1. The molecule has 0 aliphatic heterocycles. The summed E-state index contributed by atoms with van der Waals surface area (Å²) in [5.74, 6) is -0.324. The van der Waals surface area contributed by atoms with E-state index in [9.17, 15) is 14.7 Å². The van der Waals surface area contributed by atoms with Crippen LogP contribution in [0.25, 0.3) is 11.3 Å². The molecule has 24 heavy (non-hydrogen) atoms. The summed E-state index contributed by atoms with van der Waals surface area (Å²) in [5, 5.41) is 17.2. The fourth-order valence-corrected chi connectivity index (χ4v) is 2.99. The molecule has 3 rings (SSSR count). The van der Waals surface area contributed by atoms with E-state index >= 15 is 0 Å². The number of carbonyl (C=O) groups is 1. The van der Waals surface area contributed by atoms with Gasteiger partial charge >= 0.3 is 0 Å². The van der Waals surface area contributed by atoms with Crippen LogP contribution < -0.4 is 10.9 Å². The normalized spacial score (nSPS) is 16.0. The first-order chi connectivity index (χ1) is 11.6. The highest BCUT2D eigenvalue weighted by Crippen LogP contribution is 2.28. The molecule has 126 valence electrons. The highest BCUT2D eigenvalue weighted by molar-refractivity contribution is 5.75. The molecule has 0 saturated heterocycles. The van der Waals surface area contributed by atoms with Crippen molar-refractivity contribution in [3.05, 3.63) is 52.8 Å². The lowest BCUT2D eigenvalue weighted by Gasteiger charge is -2.22. The second kappa shape index (κ2) is 6.97. The average Bonchev–Trinajstić information content (AvgIpc) is 3.03. The number of aliphatic hydroxyl groups is 1. The molecule has 1 amide bonds. The third-order valence-electron chi connectivity index (χ3n) is 4.38. The predicted molar refractivity (Wildman–Crippen MR) is 90.4 cm³/mol. The van der Waals surface area contributed by atoms with E-state index < -0.39 is 5.60 Å². The Bertz CT molecular complexity index is 765. The maximum absolute atomic E-state index is 12.1. The Kier molecular flexibility index (Phi) is 4.76. The van der Waals surface area contributed by atoms with Crippen LogP contribution in [0.1, 0.15) is 25.7 Å². The van der Waals surface area contributed by atoms with Gasteiger partial charge in [-0.2, -0.15) is 5.10 Å². The first kappa shape index (κ1) is 16.4. The summed E-state index contributed by atoms with van der Waals surface area (Å²) in [6.07, 6.45) is 3.36. The summed E-state index contributed by atoms with van der Waals surface area (Å²) in [6, 6.07) is 12.5. The minimum absolute atomic E-state index is 0.157. The summed E-state index contributed by atoms with van der Waals surface area (Å²) in [4.78, 5) is 24.0. The van der Waals surface area contributed by atoms with Crippen LogP contribution in [0.4, 0.5) is 0 Å². The SMILES string of the molecule is O=C(Cn1nc(-c2ccccc2)ccc1=O)NCC1(O)CCCC1. The topological polar surface area (TPSA) is 84.2 Å². The van der Waals surface area contributed by atoms with Crippen LogP contribution in [0.3, 0.4) is 0 Å². The molecule has 1 saturated carbocycles. The number of benzene rings is 1. The molecule has 6 heteroatoms. The lowest BCUT2D eigenvalue weighted by atomic mass is 10.0. The fraction of sp³-hybridized carbons (Fsp3) is 0.389. The van der Waals surface area contributed by atoms with Gasteiger partial charge in [0.25, 0.3) is 5.56 Å². The van der Waals surface area contributed by atoms with Crippen LogP contribution in [-0.2, 0) is 11.3 Å². The number of carbonyl (C=O) groups excluding carboxylic acids is 1. The highest BCUT2D eigenvalue weighted by atomic mass is 16.3. The van der Waals surface area contributed by atoms with E-state index in [4.69, 9.17) is 0 Å². The molecule has 2 aromatic rings. The molecular formula is C18H21N3O3. The van der Waals surface area contributed by atoms with Gasteiger partial charge < -0.3 is 10.4 Å². The van der Waals surface area contributed by atoms with Crippen LogP contribution in [0.5, 0.6) is 0 Å². The molecule has 0 unspecified atom stereocenters. The number of rotatable bonds is 5. The molecule has 0 spiro atoms. The molecule has 6 nitrogen and oxygen atoms in total. The fourth-order valence-electron chi connectivity index (χ4n) is 2.99. The van der Waals surface area contributed by atoms with E-state index in [1.54, 1.807) is 6.07 Å². The lowest BCUT2D eigenvalue weighted by Crippen LogP contribution is -2.43. The third kappa shape index (κ3) is 3.89. The number of hydrogen-bond donors (Lipinski definition) is 2. The summed E-state index contributed by atoms with van der Waals surface area (Å²) < 4.78 is 1.15. The van der Waals surface area contributed by atoms with Gasteiger partial charge in [-0.05, 0) is 18.9 Å². The molecule has 0 bridgehead atoms. The van der Waals surface area contributed by atoms with Crippen molar-refractivity contribution in [2.45, 2.75) is 37.8 Å². The Balaban J connectivity index is 1.68. The lowest BCUT2D eigenvalue weighted by molar-refractivity contribution is -0.123. The Labute approximate surface area is 140 Å². The first-order valence-electron chi connectivity index (χ1n) is 8.18. The standard InChI is InChI=1S/C18H21N3O3/c22-16(19-13-18(24)10-4-5-11-18)12-21-17(23)9-8-15(20-21)14-6-2-1-3-7-14/h1-3,6-9,24H,4-5,10-13H2,(H,19,22). The van der Waals surface area contributed by atoms with E-state index in [0.717, 1.165) is 23.1 Å². The van der Waals surface area contributed by atoms with Crippen LogP contribution >= 0.6 is 0 Å². The van der Waals surface area contributed by atoms with Crippen molar-refractivity contribution >= 4 is 5.91 Å². The largest absolute Gasteiger partial charge is 0.388 e. The van der Waals surface area contributed by atoms with Crippen molar-refractivity contribution in [2.24, 2.45) is 0 Å². The van der Waals surface area contributed by atoms with Gasteiger partial charge in [-0.25, -0.2) is 4.68 Å². The molecule has 1 aliphatic rings. The van der Waals surface area contributed by atoms with Gasteiger partial charge in [-0.3, -0.25) is 9.59 Å². The minimum Gasteiger partial charge on any atom is -0.388 e. The zero-order valence-electron chi connectivity index (χ0n) is 13.4. The van der Waals surface area contributed by atoms with Gasteiger partial charge in [-0.1, -0.05) is 43.2 Å².